The summed E-state index contributed by atoms with van der Waals surface area (Å²) in [5.74, 6) is -0.518. The zero-order chi connectivity index (χ0) is 21.1. The van der Waals surface area contributed by atoms with E-state index >= 15 is 0 Å². The van der Waals surface area contributed by atoms with Gasteiger partial charge in [0.2, 0.25) is 0 Å². The third kappa shape index (κ3) is 4.23. The predicted octanol–water partition coefficient (Wildman–Crippen LogP) is 2.90. The van der Waals surface area contributed by atoms with Crippen LogP contribution in [0.3, 0.4) is 0 Å². The first-order valence-electron chi connectivity index (χ1n) is 9.38. The number of furan rings is 1. The van der Waals surface area contributed by atoms with E-state index in [0.717, 1.165) is 12.8 Å². The SMILES string of the molecule is O=C(Nc1cccc(NS(=O)(=O)c2c[nH]c(C(=O)N3CCCC3)c2)c1)c1ccco1. The molecule has 4 rings (SSSR count). The van der Waals surface area contributed by atoms with Crippen LogP contribution in [-0.4, -0.2) is 43.2 Å². The lowest BCUT2D eigenvalue weighted by Gasteiger charge is -2.13. The van der Waals surface area contributed by atoms with Gasteiger partial charge in [-0.1, -0.05) is 6.07 Å². The molecular formula is C20H20N4O5S. The number of aromatic nitrogens is 1. The van der Waals surface area contributed by atoms with Crippen molar-refractivity contribution >= 4 is 33.2 Å². The third-order valence-corrected chi connectivity index (χ3v) is 6.07. The molecule has 2 aromatic heterocycles. The van der Waals surface area contributed by atoms with Gasteiger partial charge in [0, 0.05) is 25.0 Å². The number of nitrogens with zero attached hydrogens (tertiary/aromatic N) is 1. The van der Waals surface area contributed by atoms with E-state index in [-0.39, 0.29) is 27.9 Å². The molecule has 2 amide bonds. The molecule has 0 atom stereocenters. The maximum Gasteiger partial charge on any atom is 0.291 e. The van der Waals surface area contributed by atoms with Crippen molar-refractivity contribution in [2.45, 2.75) is 17.7 Å². The Balaban J connectivity index is 1.47. The number of carbonyl (C=O) groups excluding carboxylic acids is 2. The van der Waals surface area contributed by atoms with E-state index in [4.69, 9.17) is 4.42 Å². The van der Waals surface area contributed by atoms with E-state index in [0.29, 0.717) is 18.8 Å². The van der Waals surface area contributed by atoms with E-state index in [1.165, 1.54) is 30.7 Å². The van der Waals surface area contributed by atoms with Crippen LogP contribution >= 0.6 is 0 Å². The standard InChI is InChI=1S/C20H20N4O5S/c25-19(18-7-4-10-29-18)22-14-5-3-6-15(11-14)23-30(27,28)16-12-17(21-13-16)20(26)24-8-1-2-9-24/h3-7,10-13,21,23H,1-2,8-9H2,(H,22,25). The number of H-pyrrole nitrogens is 1. The summed E-state index contributed by atoms with van der Waals surface area (Å²) >= 11 is 0. The topological polar surface area (TPSA) is 125 Å². The van der Waals surface area contributed by atoms with E-state index in [1.54, 1.807) is 29.2 Å². The molecule has 1 fully saturated rings. The van der Waals surface area contributed by atoms with Gasteiger partial charge in [-0.25, -0.2) is 8.42 Å². The smallest absolute Gasteiger partial charge is 0.291 e. The van der Waals surface area contributed by atoms with Crippen molar-refractivity contribution in [1.82, 2.24) is 9.88 Å². The fraction of sp³-hybridized carbons (Fsp3) is 0.200. The van der Waals surface area contributed by atoms with Crippen molar-refractivity contribution in [2.24, 2.45) is 0 Å². The molecule has 3 heterocycles. The summed E-state index contributed by atoms with van der Waals surface area (Å²) in [6.07, 6.45) is 4.57. The normalized spacial score (nSPS) is 13.9. The van der Waals surface area contributed by atoms with Crippen LogP contribution in [0.2, 0.25) is 0 Å². The van der Waals surface area contributed by atoms with Crippen LogP contribution in [0, 0.1) is 0 Å². The Labute approximate surface area is 173 Å². The van der Waals surface area contributed by atoms with Crippen LogP contribution in [0.4, 0.5) is 11.4 Å². The van der Waals surface area contributed by atoms with Crippen LogP contribution < -0.4 is 10.0 Å². The number of aromatic amines is 1. The monoisotopic (exact) mass is 428 g/mol. The van der Waals surface area contributed by atoms with Crippen LogP contribution in [-0.2, 0) is 10.0 Å². The van der Waals surface area contributed by atoms with E-state index in [2.05, 4.69) is 15.0 Å². The Hall–Kier alpha value is -3.53. The molecule has 156 valence electrons. The van der Waals surface area contributed by atoms with Gasteiger partial charge in [0.25, 0.3) is 21.8 Å². The minimum Gasteiger partial charge on any atom is -0.459 e. The number of nitrogens with one attached hydrogen (secondary N) is 3. The molecule has 0 radical (unpaired) electrons. The first-order valence-corrected chi connectivity index (χ1v) is 10.9. The molecule has 0 unspecified atom stereocenters. The molecule has 1 saturated heterocycles. The highest BCUT2D eigenvalue weighted by molar-refractivity contribution is 7.92. The highest BCUT2D eigenvalue weighted by Gasteiger charge is 2.24. The second kappa shape index (κ2) is 8.07. The number of rotatable bonds is 6. The molecule has 1 aliphatic rings. The second-order valence-electron chi connectivity index (χ2n) is 6.87. The molecule has 9 nitrogen and oxygen atoms in total. The van der Waals surface area contributed by atoms with Gasteiger partial charge in [-0.05, 0) is 49.2 Å². The number of hydrogen-bond acceptors (Lipinski definition) is 5. The summed E-state index contributed by atoms with van der Waals surface area (Å²) in [5.41, 5.74) is 0.896. The molecular weight excluding hydrogens is 408 g/mol. The minimum atomic E-state index is -3.92. The number of benzene rings is 1. The lowest BCUT2D eigenvalue weighted by atomic mass is 10.3. The molecule has 0 spiro atoms. The number of likely N-dealkylation sites (tertiary alicyclic amines) is 1. The predicted molar refractivity (Wildman–Crippen MR) is 110 cm³/mol. The summed E-state index contributed by atoms with van der Waals surface area (Å²) in [6, 6.07) is 10.7. The molecule has 3 N–H and O–H groups in total. The largest absolute Gasteiger partial charge is 0.459 e. The van der Waals surface area contributed by atoms with Gasteiger partial charge in [-0.3, -0.25) is 14.3 Å². The van der Waals surface area contributed by atoms with Gasteiger partial charge in [0.1, 0.15) is 10.6 Å². The molecule has 1 aromatic carbocycles. The molecule has 30 heavy (non-hydrogen) atoms. The fourth-order valence-electron chi connectivity index (χ4n) is 3.22. The molecule has 0 aliphatic carbocycles. The van der Waals surface area contributed by atoms with Crippen LogP contribution in [0.15, 0.2) is 64.2 Å². The Bertz CT molecular complexity index is 1160. The van der Waals surface area contributed by atoms with Gasteiger partial charge in [0.15, 0.2) is 5.76 Å². The van der Waals surface area contributed by atoms with Crippen molar-refractivity contribution in [2.75, 3.05) is 23.1 Å². The zero-order valence-electron chi connectivity index (χ0n) is 15.9. The molecule has 1 aliphatic heterocycles. The average molecular weight is 428 g/mol. The summed E-state index contributed by atoms with van der Waals surface area (Å²) in [4.78, 5) is 28.9. The maximum atomic E-state index is 12.7. The first-order chi connectivity index (χ1) is 14.4. The molecule has 10 heteroatoms. The summed E-state index contributed by atoms with van der Waals surface area (Å²) in [7, 11) is -3.92. The Kier molecular flexibility index (Phi) is 5.32. The lowest BCUT2D eigenvalue weighted by molar-refractivity contribution is 0.0787. The van der Waals surface area contributed by atoms with Gasteiger partial charge >= 0.3 is 0 Å². The van der Waals surface area contributed by atoms with Crippen LogP contribution in [0.5, 0.6) is 0 Å². The Morgan fingerprint density at radius 1 is 1.03 bits per heavy atom. The highest BCUT2D eigenvalue weighted by Crippen LogP contribution is 2.21. The Morgan fingerprint density at radius 2 is 1.80 bits per heavy atom. The first kappa shape index (κ1) is 19.8. The number of carbonyl (C=O) groups is 2. The number of anilines is 2. The number of hydrogen-bond donors (Lipinski definition) is 3. The highest BCUT2D eigenvalue weighted by atomic mass is 32.2. The maximum absolute atomic E-state index is 12.7. The summed E-state index contributed by atoms with van der Waals surface area (Å²) in [6.45, 7) is 1.35. The summed E-state index contributed by atoms with van der Waals surface area (Å²) < 4.78 is 32.9. The lowest BCUT2D eigenvalue weighted by Crippen LogP contribution is -2.27. The Morgan fingerprint density at radius 3 is 2.53 bits per heavy atom. The van der Waals surface area contributed by atoms with E-state index < -0.39 is 15.9 Å². The van der Waals surface area contributed by atoms with Crippen molar-refractivity contribution in [3.63, 3.8) is 0 Å². The van der Waals surface area contributed by atoms with Crippen molar-refractivity contribution in [1.29, 1.82) is 0 Å². The fourth-order valence-corrected chi connectivity index (χ4v) is 4.26. The van der Waals surface area contributed by atoms with Gasteiger partial charge in [-0.15, -0.1) is 0 Å². The van der Waals surface area contributed by atoms with Crippen molar-refractivity contribution < 1.29 is 22.4 Å². The molecule has 0 bridgehead atoms. The summed E-state index contributed by atoms with van der Waals surface area (Å²) in [5, 5.41) is 2.64. The van der Waals surface area contributed by atoms with Crippen molar-refractivity contribution in [3.8, 4) is 0 Å². The van der Waals surface area contributed by atoms with Crippen LogP contribution in [0.1, 0.15) is 33.9 Å². The molecule has 0 saturated carbocycles. The van der Waals surface area contributed by atoms with Gasteiger partial charge in [0.05, 0.1) is 12.0 Å². The average Bonchev–Trinajstić information content (AvgIpc) is 3.50. The van der Waals surface area contributed by atoms with E-state index in [1.807, 2.05) is 0 Å². The second-order valence-corrected chi connectivity index (χ2v) is 8.55. The number of amides is 2. The third-order valence-electron chi connectivity index (χ3n) is 4.71. The minimum absolute atomic E-state index is 0.0462. The zero-order valence-corrected chi connectivity index (χ0v) is 16.7. The van der Waals surface area contributed by atoms with Gasteiger partial charge in [-0.2, -0.15) is 0 Å². The van der Waals surface area contributed by atoms with E-state index in [9.17, 15) is 18.0 Å². The quantitative estimate of drug-likeness (QED) is 0.557. The van der Waals surface area contributed by atoms with Gasteiger partial charge < -0.3 is 19.6 Å². The number of sulfonamides is 1. The molecule has 3 aromatic rings. The van der Waals surface area contributed by atoms with Crippen molar-refractivity contribution in [3.05, 3.63) is 66.4 Å². The van der Waals surface area contributed by atoms with Crippen LogP contribution in [0.25, 0.3) is 0 Å².